The second kappa shape index (κ2) is 19.0. The summed E-state index contributed by atoms with van der Waals surface area (Å²) in [5.74, 6) is -0.172. The van der Waals surface area contributed by atoms with Crippen LogP contribution in [0.25, 0.3) is 0 Å². The summed E-state index contributed by atoms with van der Waals surface area (Å²) in [4.78, 5) is 37.5. The molecule has 3 amide bonds. The van der Waals surface area contributed by atoms with E-state index in [4.69, 9.17) is 4.74 Å². The van der Waals surface area contributed by atoms with E-state index in [2.05, 4.69) is 32.4 Å². The van der Waals surface area contributed by atoms with Crippen LogP contribution in [0.5, 0.6) is 5.75 Å². The number of hydrogen-bond acceptors (Lipinski definition) is 9. The molecule has 2 aromatic rings. The molecule has 4 rings (SSSR count). The number of unbranched alkanes of at least 4 members (excludes halogenated alkanes) is 1. The molecule has 0 atom stereocenters. The number of rotatable bonds is 19. The average Bonchev–Trinajstić information content (AvgIpc) is 3.08. The maximum atomic E-state index is 14.8. The van der Waals surface area contributed by atoms with Crippen LogP contribution >= 0.6 is 0 Å². The van der Waals surface area contributed by atoms with Crippen LogP contribution in [0.4, 0.5) is 19.5 Å². The van der Waals surface area contributed by atoms with E-state index in [0.29, 0.717) is 38.6 Å². The Labute approximate surface area is 287 Å². The summed E-state index contributed by atoms with van der Waals surface area (Å²) in [6, 6.07) is 1.71. The van der Waals surface area contributed by atoms with Crippen molar-refractivity contribution in [1.82, 2.24) is 25.5 Å². The van der Waals surface area contributed by atoms with Crippen molar-refractivity contribution in [3.8, 4) is 5.75 Å². The maximum Gasteiger partial charge on any atom is 0.315 e. The second-order valence-electron chi connectivity index (χ2n) is 13.4. The van der Waals surface area contributed by atoms with E-state index in [9.17, 15) is 33.7 Å². The lowest BCUT2D eigenvalue weighted by Crippen LogP contribution is -2.59. The number of anilines is 1. The van der Waals surface area contributed by atoms with Crippen molar-refractivity contribution in [1.29, 1.82) is 0 Å². The number of amides is 3. The molecule has 0 unspecified atom stereocenters. The molecule has 0 saturated carbocycles. The molecule has 12 nitrogen and oxygen atoms in total. The van der Waals surface area contributed by atoms with Crippen molar-refractivity contribution in [3.63, 3.8) is 0 Å². The minimum Gasteiger partial charge on any atom is -0.493 e. The molecule has 0 aliphatic carbocycles. The Morgan fingerprint density at radius 3 is 2.20 bits per heavy atom. The number of carbonyl (C=O) groups excluding carboxylic acids is 2. The van der Waals surface area contributed by atoms with Gasteiger partial charge in [0.2, 0.25) is 11.9 Å². The zero-order valence-electron chi connectivity index (χ0n) is 28.5. The highest BCUT2D eigenvalue weighted by atomic mass is 19.1. The maximum absolute atomic E-state index is 14.8. The molecule has 1 aromatic heterocycles. The third-order valence-electron chi connectivity index (χ3n) is 9.52. The standard InChI is InChI=1S/C35H52F2N6O6/c1-2-6-26-18-39-33(40-19-26)42-12-9-25(10-13-42)8-5-14-49-28-15-30(36)29(31(37)16-28)17-32(47)43-20-27(21-43)7-3-4-11-38-34(48)41-35(22-44,23-45)24-46/h15-16,18-19,25,27,44-46H,2-14,17,20-24H2,1H3,(H2,38,41,48). The van der Waals surface area contributed by atoms with E-state index in [1.165, 1.54) is 0 Å². The number of nitrogens with zero attached hydrogens (tertiary/aromatic N) is 4. The smallest absolute Gasteiger partial charge is 0.315 e. The number of aromatic nitrogens is 2. The Morgan fingerprint density at radius 2 is 1.59 bits per heavy atom. The fourth-order valence-electron chi connectivity index (χ4n) is 6.28. The van der Waals surface area contributed by atoms with Crippen molar-refractivity contribution in [3.05, 3.63) is 47.3 Å². The van der Waals surface area contributed by atoms with Gasteiger partial charge in [0.25, 0.3) is 0 Å². The molecule has 0 spiro atoms. The van der Waals surface area contributed by atoms with E-state index in [1.807, 2.05) is 12.4 Å². The highest BCUT2D eigenvalue weighted by Crippen LogP contribution is 2.27. The highest BCUT2D eigenvalue weighted by molar-refractivity contribution is 5.79. The Morgan fingerprint density at radius 1 is 0.959 bits per heavy atom. The van der Waals surface area contributed by atoms with E-state index in [1.54, 1.807) is 4.90 Å². The summed E-state index contributed by atoms with van der Waals surface area (Å²) in [5, 5.41) is 32.9. The fraction of sp³-hybridized carbons (Fsp3) is 0.657. The minimum atomic E-state index is -1.48. The van der Waals surface area contributed by atoms with Crippen LogP contribution in [-0.2, 0) is 17.6 Å². The number of ether oxygens (including phenoxy) is 1. The summed E-state index contributed by atoms with van der Waals surface area (Å²) in [7, 11) is 0. The number of aryl methyl sites for hydroxylation is 1. The molecule has 14 heteroatoms. The van der Waals surface area contributed by atoms with Gasteiger partial charge < -0.3 is 40.5 Å². The van der Waals surface area contributed by atoms with Crippen LogP contribution in [0.2, 0.25) is 0 Å². The second-order valence-corrected chi connectivity index (χ2v) is 13.4. The summed E-state index contributed by atoms with van der Waals surface area (Å²) in [5.41, 5.74) is -0.580. The van der Waals surface area contributed by atoms with Gasteiger partial charge in [-0.2, -0.15) is 0 Å². The number of aliphatic hydroxyl groups excluding tert-OH is 3. The summed E-state index contributed by atoms with van der Waals surface area (Å²) in [6.07, 6.45) is 11.6. The molecular weight excluding hydrogens is 638 g/mol. The quantitative estimate of drug-likeness (QED) is 0.140. The molecule has 2 saturated heterocycles. The van der Waals surface area contributed by atoms with Gasteiger partial charge in [-0.1, -0.05) is 19.8 Å². The van der Waals surface area contributed by atoms with E-state index in [-0.39, 0.29) is 29.6 Å². The first-order valence-corrected chi connectivity index (χ1v) is 17.5. The lowest BCUT2D eigenvalue weighted by atomic mass is 9.92. The van der Waals surface area contributed by atoms with Crippen molar-refractivity contribution >= 4 is 17.9 Å². The monoisotopic (exact) mass is 690 g/mol. The number of urea groups is 1. The number of likely N-dealkylation sites (tertiary alicyclic amines) is 1. The van der Waals surface area contributed by atoms with Crippen LogP contribution in [0.1, 0.15) is 69.4 Å². The van der Waals surface area contributed by atoms with Crippen molar-refractivity contribution in [2.45, 2.75) is 76.7 Å². The predicted octanol–water partition coefficient (Wildman–Crippen LogP) is 2.97. The third kappa shape index (κ3) is 11.2. The highest BCUT2D eigenvalue weighted by Gasteiger charge is 2.32. The number of nitrogens with one attached hydrogen (secondary N) is 2. The molecule has 49 heavy (non-hydrogen) atoms. The van der Waals surface area contributed by atoms with E-state index >= 15 is 0 Å². The SMILES string of the molecule is CCCc1cnc(N2CCC(CCCOc3cc(F)c(CC(=O)N4CC(CCCCNC(=O)NC(CO)(CO)CO)C4)c(F)c3)CC2)nc1. The van der Waals surface area contributed by atoms with Gasteiger partial charge in [0, 0.05) is 62.8 Å². The van der Waals surface area contributed by atoms with Gasteiger partial charge in [-0.15, -0.1) is 0 Å². The number of hydrogen-bond donors (Lipinski definition) is 5. The summed E-state index contributed by atoms with van der Waals surface area (Å²) in [6.45, 7) is 3.90. The van der Waals surface area contributed by atoms with Gasteiger partial charge in [0.15, 0.2) is 0 Å². The number of carbonyl (C=O) groups is 2. The van der Waals surface area contributed by atoms with Crippen LogP contribution in [0, 0.1) is 23.5 Å². The molecule has 1 aromatic carbocycles. The van der Waals surface area contributed by atoms with Crippen LogP contribution in [0.3, 0.4) is 0 Å². The molecule has 2 aliphatic rings. The van der Waals surface area contributed by atoms with Gasteiger partial charge in [-0.05, 0) is 62.3 Å². The Kier molecular flexibility index (Phi) is 14.8. The Bertz CT molecular complexity index is 1300. The number of halogens is 2. The predicted molar refractivity (Wildman–Crippen MR) is 180 cm³/mol. The molecule has 2 aliphatic heterocycles. The first-order chi connectivity index (χ1) is 23.7. The molecular formula is C35H52F2N6O6. The number of aliphatic hydroxyl groups is 3. The van der Waals surface area contributed by atoms with Crippen molar-refractivity contribution in [2.75, 3.05) is 64.1 Å². The lowest BCUT2D eigenvalue weighted by Gasteiger charge is -2.39. The topological polar surface area (TPSA) is 160 Å². The van der Waals surface area contributed by atoms with Crippen molar-refractivity contribution in [2.24, 2.45) is 11.8 Å². The van der Waals surface area contributed by atoms with Gasteiger partial charge in [0.1, 0.15) is 22.9 Å². The number of benzene rings is 1. The molecule has 3 heterocycles. The summed E-state index contributed by atoms with van der Waals surface area (Å²) < 4.78 is 35.4. The minimum absolute atomic E-state index is 0.121. The van der Waals surface area contributed by atoms with Crippen LogP contribution in [-0.4, -0.2) is 107 Å². The fourth-order valence-corrected chi connectivity index (χ4v) is 6.28. The lowest BCUT2D eigenvalue weighted by molar-refractivity contribution is -0.137. The molecule has 0 radical (unpaired) electrons. The van der Waals surface area contributed by atoms with E-state index < -0.39 is 43.0 Å². The normalized spacial score (nSPS) is 15.6. The van der Waals surface area contributed by atoms with Gasteiger partial charge >= 0.3 is 6.03 Å². The van der Waals surface area contributed by atoms with Gasteiger partial charge in [-0.25, -0.2) is 23.5 Å². The molecule has 0 bridgehead atoms. The molecule has 272 valence electrons. The average molecular weight is 691 g/mol. The molecule has 2 fully saturated rings. The van der Waals surface area contributed by atoms with Gasteiger partial charge in [-0.3, -0.25) is 4.79 Å². The third-order valence-corrected chi connectivity index (χ3v) is 9.52. The Hall–Kier alpha value is -3.62. The van der Waals surface area contributed by atoms with E-state index in [0.717, 1.165) is 88.1 Å². The van der Waals surface area contributed by atoms with Crippen LogP contribution < -0.4 is 20.3 Å². The van der Waals surface area contributed by atoms with Gasteiger partial charge in [0.05, 0.1) is 32.8 Å². The van der Waals surface area contributed by atoms with Crippen LogP contribution in [0.15, 0.2) is 24.5 Å². The summed E-state index contributed by atoms with van der Waals surface area (Å²) >= 11 is 0. The van der Waals surface area contributed by atoms with Crippen molar-refractivity contribution < 1.29 is 38.4 Å². The molecule has 5 N–H and O–H groups in total. The zero-order chi connectivity index (χ0) is 35.2. The first-order valence-electron chi connectivity index (χ1n) is 17.5. The first kappa shape index (κ1) is 38.2. The number of piperidine rings is 1. The zero-order valence-corrected chi connectivity index (χ0v) is 28.5. The Balaban J connectivity index is 1.08. The largest absolute Gasteiger partial charge is 0.493 e.